The molecule has 35 heavy (non-hydrogen) atoms. The van der Waals surface area contributed by atoms with E-state index in [2.05, 4.69) is 51.3 Å². The third-order valence-electron chi connectivity index (χ3n) is 6.00. The lowest BCUT2D eigenvalue weighted by molar-refractivity contribution is 0.0530. The number of hydrogen-bond donors (Lipinski definition) is 3. The van der Waals surface area contributed by atoms with Crippen LogP contribution in [0.3, 0.4) is 0 Å². The van der Waals surface area contributed by atoms with Crippen molar-refractivity contribution >= 4 is 54.3 Å². The minimum atomic E-state index is -0.525. The van der Waals surface area contributed by atoms with E-state index in [0.29, 0.717) is 13.1 Å². The van der Waals surface area contributed by atoms with Gasteiger partial charge in [0, 0.05) is 41.2 Å². The number of carbonyl (C=O) groups excluding carboxylic acids is 1. The summed E-state index contributed by atoms with van der Waals surface area (Å²) < 4.78 is 9.55. The van der Waals surface area contributed by atoms with E-state index in [-0.39, 0.29) is 5.43 Å². The van der Waals surface area contributed by atoms with Crippen LogP contribution in [-0.2, 0) is 11.3 Å². The number of hydrogen-bond acceptors (Lipinski definition) is 6. The minimum absolute atomic E-state index is 0.00362. The second-order valence-electron chi connectivity index (χ2n) is 9.62. The van der Waals surface area contributed by atoms with Gasteiger partial charge in [-0.3, -0.25) is 14.6 Å². The first-order valence-corrected chi connectivity index (χ1v) is 13.0. The highest BCUT2D eigenvalue weighted by Gasteiger charge is 2.18. The Kier molecular flexibility index (Phi) is 7.37. The molecule has 2 aromatic heterocycles. The lowest BCUT2D eigenvalue weighted by Gasteiger charge is -2.19. The number of nitrogens with zero attached hydrogens (tertiary/aromatic N) is 2. The molecule has 9 heteroatoms. The Morgan fingerprint density at radius 2 is 1.91 bits per heavy atom. The van der Waals surface area contributed by atoms with E-state index in [9.17, 15) is 9.59 Å². The van der Waals surface area contributed by atoms with Gasteiger partial charge in [-0.1, -0.05) is 13.8 Å². The minimum Gasteiger partial charge on any atom is -0.444 e. The standard InChI is InChI=1S/C26H35N5O3S/c1-6-30(7-2)14-15-31-20-11-10-19(27-12-13-28-25(33)34-26(3,4)5)24-22(20)23(29-31)18-9-8-17(32)16-21(18)35-24/h8-11,16,27,29H,6-7,12-15H2,1-5H3,(H,28,33). The number of nitrogens with one attached hydrogen (secondary N) is 3. The van der Waals surface area contributed by atoms with E-state index in [1.807, 2.05) is 26.8 Å². The van der Waals surface area contributed by atoms with Crippen LogP contribution in [0.5, 0.6) is 0 Å². The molecule has 0 aliphatic rings. The number of likely N-dealkylation sites (N-methyl/N-ethyl adjacent to an activating group) is 1. The van der Waals surface area contributed by atoms with Crippen LogP contribution in [-0.4, -0.2) is 59.1 Å². The number of aromatic nitrogens is 2. The van der Waals surface area contributed by atoms with Gasteiger partial charge >= 0.3 is 6.09 Å². The van der Waals surface area contributed by atoms with Gasteiger partial charge in [0.2, 0.25) is 0 Å². The van der Waals surface area contributed by atoms with E-state index in [1.54, 1.807) is 23.5 Å². The summed E-state index contributed by atoms with van der Waals surface area (Å²) in [5, 5.41) is 12.1. The molecule has 4 aromatic rings. The van der Waals surface area contributed by atoms with Gasteiger partial charge in [-0.2, -0.15) is 0 Å². The van der Waals surface area contributed by atoms with Gasteiger partial charge < -0.3 is 20.3 Å². The number of aromatic amines is 1. The summed E-state index contributed by atoms with van der Waals surface area (Å²) in [4.78, 5) is 26.4. The van der Waals surface area contributed by atoms with Crippen LogP contribution >= 0.6 is 11.3 Å². The zero-order valence-electron chi connectivity index (χ0n) is 21.2. The maximum Gasteiger partial charge on any atom is 0.407 e. The molecule has 8 nitrogen and oxygen atoms in total. The fraction of sp³-hybridized carbons (Fsp3) is 0.462. The van der Waals surface area contributed by atoms with Gasteiger partial charge in [0.1, 0.15) is 5.60 Å². The number of benzene rings is 2. The monoisotopic (exact) mass is 497 g/mol. The van der Waals surface area contributed by atoms with Crippen LogP contribution in [0.15, 0.2) is 35.1 Å². The predicted octanol–water partition coefficient (Wildman–Crippen LogP) is 4.98. The Bertz CT molecular complexity index is 1390. The molecule has 0 saturated heterocycles. The van der Waals surface area contributed by atoms with Gasteiger partial charge in [-0.15, -0.1) is 11.3 Å². The highest BCUT2D eigenvalue weighted by molar-refractivity contribution is 7.25. The summed E-state index contributed by atoms with van der Waals surface area (Å²) in [6, 6.07) is 9.46. The molecule has 0 spiro atoms. The van der Waals surface area contributed by atoms with E-state index < -0.39 is 11.7 Å². The first-order valence-electron chi connectivity index (χ1n) is 12.2. The fourth-order valence-corrected chi connectivity index (χ4v) is 5.50. The summed E-state index contributed by atoms with van der Waals surface area (Å²) in [7, 11) is 0. The van der Waals surface area contributed by atoms with E-state index in [1.165, 1.54) is 0 Å². The van der Waals surface area contributed by atoms with Crippen LogP contribution in [0.2, 0.25) is 0 Å². The second kappa shape index (κ2) is 10.3. The molecule has 0 aliphatic heterocycles. The highest BCUT2D eigenvalue weighted by atomic mass is 32.1. The first-order chi connectivity index (χ1) is 16.7. The number of alkyl carbamates (subject to hydrolysis) is 1. The average molecular weight is 498 g/mol. The summed E-state index contributed by atoms with van der Waals surface area (Å²) in [5.74, 6) is 0. The lowest BCUT2D eigenvalue weighted by Crippen LogP contribution is -2.35. The molecule has 188 valence electrons. The van der Waals surface area contributed by atoms with Gasteiger partial charge in [0.25, 0.3) is 0 Å². The van der Waals surface area contributed by atoms with E-state index >= 15 is 0 Å². The molecule has 0 unspecified atom stereocenters. The summed E-state index contributed by atoms with van der Waals surface area (Å²) in [5.41, 5.74) is 2.64. The van der Waals surface area contributed by atoms with E-state index in [0.717, 1.165) is 63.1 Å². The Morgan fingerprint density at radius 1 is 1.14 bits per heavy atom. The molecule has 3 N–H and O–H groups in total. The lowest BCUT2D eigenvalue weighted by atomic mass is 10.1. The van der Waals surface area contributed by atoms with Crippen LogP contribution in [0, 0.1) is 0 Å². The zero-order valence-corrected chi connectivity index (χ0v) is 22.0. The number of ether oxygens (including phenoxy) is 1. The molecule has 2 heterocycles. The van der Waals surface area contributed by atoms with E-state index in [4.69, 9.17) is 4.74 Å². The molecule has 0 fully saturated rings. The Labute approximate surface area is 209 Å². The quantitative estimate of drug-likeness (QED) is 0.224. The Morgan fingerprint density at radius 3 is 2.63 bits per heavy atom. The summed E-state index contributed by atoms with van der Waals surface area (Å²) in [6.07, 6.45) is -0.426. The molecular formula is C26H35N5O3S. The van der Waals surface area contributed by atoms with Crippen molar-refractivity contribution in [1.29, 1.82) is 0 Å². The first kappa shape index (κ1) is 25.1. The second-order valence-corrected chi connectivity index (χ2v) is 10.7. The van der Waals surface area contributed by atoms with Crippen LogP contribution < -0.4 is 16.1 Å². The van der Waals surface area contributed by atoms with Crippen molar-refractivity contribution in [3.05, 3.63) is 40.6 Å². The van der Waals surface area contributed by atoms with Crippen molar-refractivity contribution in [3.63, 3.8) is 0 Å². The molecular weight excluding hydrogens is 462 g/mol. The van der Waals surface area contributed by atoms with Crippen LogP contribution in [0.4, 0.5) is 10.5 Å². The van der Waals surface area contributed by atoms with Gasteiger partial charge in [0.05, 0.1) is 28.0 Å². The van der Waals surface area contributed by atoms with Crippen LogP contribution in [0.25, 0.3) is 31.2 Å². The van der Waals surface area contributed by atoms with Gasteiger partial charge in [-0.05, 0) is 58.1 Å². The van der Waals surface area contributed by atoms with Crippen molar-refractivity contribution in [3.8, 4) is 0 Å². The van der Waals surface area contributed by atoms with Crippen molar-refractivity contribution in [1.82, 2.24) is 20.0 Å². The predicted molar refractivity (Wildman–Crippen MR) is 146 cm³/mol. The molecule has 0 atom stereocenters. The molecule has 2 aromatic carbocycles. The number of H-pyrrole nitrogens is 1. The fourth-order valence-electron chi connectivity index (χ4n) is 4.27. The highest BCUT2D eigenvalue weighted by Crippen LogP contribution is 2.40. The zero-order chi connectivity index (χ0) is 25.2. The van der Waals surface area contributed by atoms with Crippen molar-refractivity contribution < 1.29 is 9.53 Å². The molecule has 1 amide bonds. The molecule has 4 rings (SSSR count). The topological polar surface area (TPSA) is 91.4 Å². The van der Waals surface area contributed by atoms with Gasteiger partial charge in [-0.25, -0.2) is 4.79 Å². The van der Waals surface area contributed by atoms with Crippen molar-refractivity contribution in [2.45, 2.75) is 46.8 Å². The smallest absolute Gasteiger partial charge is 0.407 e. The number of amides is 1. The maximum absolute atomic E-state index is 12.1. The Balaban J connectivity index is 1.65. The third-order valence-corrected chi connectivity index (χ3v) is 7.19. The number of fused-ring (bicyclic) bond motifs is 2. The SMILES string of the molecule is CCN(CC)CCn1[nH]c2c3ccc(=O)cc3sc3c(NCCNC(=O)OC(C)(C)C)ccc1c32. The average Bonchev–Trinajstić information content (AvgIpc) is 3.17. The molecule has 0 aliphatic carbocycles. The van der Waals surface area contributed by atoms with Crippen LogP contribution in [0.1, 0.15) is 34.6 Å². The van der Waals surface area contributed by atoms with Gasteiger partial charge in [0.15, 0.2) is 5.43 Å². The summed E-state index contributed by atoms with van der Waals surface area (Å²) >= 11 is 1.62. The summed E-state index contributed by atoms with van der Waals surface area (Å²) in [6.45, 7) is 14.7. The maximum atomic E-state index is 12.1. The molecule has 0 bridgehead atoms. The largest absolute Gasteiger partial charge is 0.444 e. The third kappa shape index (κ3) is 5.62. The molecule has 0 radical (unpaired) electrons. The Hall–Kier alpha value is -3.04. The number of anilines is 1. The normalized spacial score (nSPS) is 12.2. The van der Waals surface area contributed by atoms with Crippen molar-refractivity contribution in [2.75, 3.05) is 38.0 Å². The molecule has 0 saturated carbocycles. The number of carbonyl (C=O) groups is 1. The van der Waals surface area contributed by atoms with Crippen molar-refractivity contribution in [2.24, 2.45) is 0 Å². The number of rotatable bonds is 9.